The van der Waals surface area contributed by atoms with Crippen molar-refractivity contribution in [3.8, 4) is 11.5 Å². The molecule has 5 rings (SSSR count). The molecule has 2 amide bonds. The second-order valence-electron chi connectivity index (χ2n) is 8.61. The number of aromatic hydroxyl groups is 1. The zero-order valence-electron chi connectivity index (χ0n) is 17.5. The average molecular weight is 435 g/mol. The molecule has 32 heavy (non-hydrogen) atoms. The molecular weight excluding hydrogens is 414 g/mol. The number of hydrogen-bond donors (Lipinski definition) is 2. The number of hydrogen-bond acceptors (Lipinski definition) is 7. The minimum absolute atomic E-state index is 0.103. The lowest BCUT2D eigenvalue weighted by molar-refractivity contribution is -0.173. The second kappa shape index (κ2) is 7.00. The molecule has 0 radical (unpaired) electrons. The van der Waals surface area contributed by atoms with Crippen LogP contribution in [0.1, 0.15) is 31.2 Å². The van der Waals surface area contributed by atoms with E-state index in [9.17, 15) is 29.5 Å². The summed E-state index contributed by atoms with van der Waals surface area (Å²) in [6, 6.07) is 4.74. The van der Waals surface area contributed by atoms with Crippen molar-refractivity contribution in [3.63, 3.8) is 0 Å². The van der Waals surface area contributed by atoms with Gasteiger partial charge in [0.25, 0.3) is 11.8 Å². The van der Waals surface area contributed by atoms with Crippen molar-refractivity contribution in [2.75, 3.05) is 7.11 Å². The highest BCUT2D eigenvalue weighted by Crippen LogP contribution is 2.57. The average Bonchev–Trinajstić information content (AvgIpc) is 3.00. The van der Waals surface area contributed by atoms with Crippen molar-refractivity contribution < 1.29 is 34.2 Å². The summed E-state index contributed by atoms with van der Waals surface area (Å²) in [5, 5.41) is 20.9. The van der Waals surface area contributed by atoms with E-state index in [1.54, 1.807) is 25.1 Å². The molecule has 8 nitrogen and oxygen atoms in total. The van der Waals surface area contributed by atoms with Crippen LogP contribution in [0.4, 0.5) is 0 Å². The Morgan fingerprint density at radius 1 is 1.09 bits per heavy atom. The summed E-state index contributed by atoms with van der Waals surface area (Å²) in [6.07, 6.45) is 3.42. The van der Waals surface area contributed by atoms with Crippen LogP contribution < -0.4 is 4.74 Å². The molecule has 0 bridgehead atoms. The van der Waals surface area contributed by atoms with Gasteiger partial charge in [0.15, 0.2) is 11.6 Å². The Labute approximate surface area is 183 Å². The number of nitrogens with zero attached hydrogens (tertiary/aromatic N) is 1. The Kier molecular flexibility index (Phi) is 4.46. The van der Waals surface area contributed by atoms with Gasteiger partial charge in [0.05, 0.1) is 18.9 Å². The van der Waals surface area contributed by atoms with E-state index in [1.807, 2.05) is 0 Å². The quantitative estimate of drug-likeness (QED) is 0.316. The Morgan fingerprint density at radius 2 is 1.84 bits per heavy atom. The predicted molar refractivity (Wildman–Crippen MR) is 110 cm³/mol. The smallest absolute Gasteiger partial charge is 0.257 e. The number of carbonyl (C=O) groups excluding carboxylic acids is 4. The van der Waals surface area contributed by atoms with E-state index in [0.717, 1.165) is 0 Å². The highest BCUT2D eigenvalue weighted by Gasteiger charge is 2.56. The number of benzene rings is 1. The summed E-state index contributed by atoms with van der Waals surface area (Å²) in [5.41, 5.74) is 1.86. The van der Waals surface area contributed by atoms with Crippen LogP contribution in [0.2, 0.25) is 0 Å². The SMILES string of the molecule is COc1cccc(O)c1C1C2=CCC3C(=O)N(O)C(=O)C3C2CC2=C1C(=O)C=C(C)C2=O. The Hall–Kier alpha value is -3.52. The molecule has 4 aliphatic rings. The summed E-state index contributed by atoms with van der Waals surface area (Å²) < 4.78 is 5.47. The molecule has 1 saturated heterocycles. The Morgan fingerprint density at radius 3 is 2.56 bits per heavy atom. The van der Waals surface area contributed by atoms with Gasteiger partial charge < -0.3 is 9.84 Å². The molecule has 2 N–H and O–H groups in total. The van der Waals surface area contributed by atoms with Gasteiger partial charge in [-0.05, 0) is 43.9 Å². The summed E-state index contributed by atoms with van der Waals surface area (Å²) in [4.78, 5) is 51.4. The van der Waals surface area contributed by atoms with Crippen LogP contribution >= 0.6 is 0 Å². The van der Waals surface area contributed by atoms with Crippen LogP contribution in [-0.2, 0) is 19.2 Å². The summed E-state index contributed by atoms with van der Waals surface area (Å²) >= 11 is 0. The van der Waals surface area contributed by atoms with E-state index < -0.39 is 35.5 Å². The number of phenolic OH excluding ortho intramolecular Hbond substituents is 1. The number of imide groups is 1. The Balaban J connectivity index is 1.77. The fraction of sp³-hybridized carbons (Fsp3) is 0.333. The molecule has 1 aromatic rings. The van der Waals surface area contributed by atoms with Gasteiger partial charge in [0.1, 0.15) is 11.5 Å². The number of allylic oxidation sites excluding steroid dienone is 6. The van der Waals surface area contributed by atoms with E-state index in [4.69, 9.17) is 4.74 Å². The van der Waals surface area contributed by atoms with Crippen molar-refractivity contribution in [1.29, 1.82) is 0 Å². The largest absolute Gasteiger partial charge is 0.507 e. The molecular formula is C24H21NO7. The van der Waals surface area contributed by atoms with Crippen molar-refractivity contribution in [2.45, 2.75) is 25.7 Å². The molecule has 1 heterocycles. The normalized spacial score (nSPS) is 29.4. The molecule has 0 spiro atoms. The maximum Gasteiger partial charge on any atom is 0.257 e. The number of hydroxylamine groups is 2. The third-order valence-electron chi connectivity index (χ3n) is 7.09. The highest BCUT2D eigenvalue weighted by atomic mass is 16.5. The van der Waals surface area contributed by atoms with E-state index in [-0.39, 0.29) is 46.4 Å². The second-order valence-corrected chi connectivity index (χ2v) is 8.61. The topological polar surface area (TPSA) is 121 Å². The van der Waals surface area contributed by atoms with Crippen LogP contribution in [0.25, 0.3) is 0 Å². The third-order valence-corrected chi connectivity index (χ3v) is 7.09. The van der Waals surface area contributed by atoms with Gasteiger partial charge in [0.2, 0.25) is 0 Å². The number of fused-ring (bicyclic) bond motifs is 3. The zero-order chi connectivity index (χ0) is 22.9. The summed E-state index contributed by atoms with van der Waals surface area (Å²) in [6.45, 7) is 1.56. The Bertz CT molecular complexity index is 1200. The third kappa shape index (κ3) is 2.59. The lowest BCUT2D eigenvalue weighted by Crippen LogP contribution is -2.39. The first-order valence-corrected chi connectivity index (χ1v) is 10.4. The minimum Gasteiger partial charge on any atom is -0.507 e. The maximum atomic E-state index is 13.1. The summed E-state index contributed by atoms with van der Waals surface area (Å²) in [5.74, 6) is -4.68. The standard InChI is InChI=1S/C24H21NO7/c1-10-8-16(27)19-14(22(10)28)9-13-11(6-7-12-18(13)24(30)25(31)23(12)29)20(19)21-15(26)4-3-5-17(21)32-2/h3-6,8,12-13,18,20,26,31H,7,9H2,1-2H3. The number of ether oxygens (including phenoxy) is 1. The first-order chi connectivity index (χ1) is 15.3. The van der Waals surface area contributed by atoms with E-state index in [0.29, 0.717) is 22.5 Å². The number of Topliss-reactive ketones (excluding diaryl/α,β-unsaturated/α-hetero) is 1. The van der Waals surface area contributed by atoms with Gasteiger partial charge in [-0.3, -0.25) is 24.4 Å². The molecule has 1 fully saturated rings. The van der Waals surface area contributed by atoms with Crippen molar-refractivity contribution in [1.82, 2.24) is 5.06 Å². The maximum absolute atomic E-state index is 13.1. The number of rotatable bonds is 2. The van der Waals surface area contributed by atoms with Crippen LogP contribution in [-0.4, -0.2) is 45.9 Å². The van der Waals surface area contributed by atoms with Gasteiger partial charge in [-0.2, -0.15) is 5.06 Å². The number of carbonyl (C=O) groups is 4. The van der Waals surface area contributed by atoms with Crippen LogP contribution in [0, 0.1) is 17.8 Å². The molecule has 3 aliphatic carbocycles. The molecule has 0 saturated carbocycles. The number of methoxy groups -OCH3 is 1. The molecule has 4 unspecified atom stereocenters. The van der Waals surface area contributed by atoms with Gasteiger partial charge in [-0.1, -0.05) is 17.7 Å². The van der Waals surface area contributed by atoms with Crippen molar-refractivity contribution in [3.05, 3.63) is 58.2 Å². The molecule has 1 aliphatic heterocycles. The molecule has 0 aromatic heterocycles. The molecule has 8 heteroatoms. The first kappa shape index (κ1) is 20.4. The number of phenols is 1. The first-order valence-electron chi connectivity index (χ1n) is 10.4. The molecule has 1 aromatic carbocycles. The van der Waals surface area contributed by atoms with Gasteiger partial charge in [-0.25, -0.2) is 0 Å². The highest BCUT2D eigenvalue weighted by molar-refractivity contribution is 6.23. The fourth-order valence-corrected chi connectivity index (χ4v) is 5.70. The van der Waals surface area contributed by atoms with Gasteiger partial charge in [-0.15, -0.1) is 0 Å². The zero-order valence-corrected chi connectivity index (χ0v) is 17.5. The van der Waals surface area contributed by atoms with Crippen molar-refractivity contribution >= 4 is 23.4 Å². The summed E-state index contributed by atoms with van der Waals surface area (Å²) in [7, 11) is 1.44. The molecule has 164 valence electrons. The lowest BCUT2D eigenvalue weighted by Gasteiger charge is -2.42. The fourth-order valence-electron chi connectivity index (χ4n) is 5.70. The van der Waals surface area contributed by atoms with Crippen LogP contribution in [0.5, 0.6) is 11.5 Å². The predicted octanol–water partition coefficient (Wildman–Crippen LogP) is 2.22. The minimum atomic E-state index is -0.838. The van der Waals surface area contributed by atoms with E-state index in [2.05, 4.69) is 0 Å². The van der Waals surface area contributed by atoms with E-state index in [1.165, 1.54) is 19.3 Å². The number of ketones is 2. The number of amides is 2. The van der Waals surface area contributed by atoms with Gasteiger partial charge in [0, 0.05) is 28.2 Å². The monoisotopic (exact) mass is 435 g/mol. The van der Waals surface area contributed by atoms with E-state index >= 15 is 0 Å². The van der Waals surface area contributed by atoms with Gasteiger partial charge >= 0.3 is 0 Å². The van der Waals surface area contributed by atoms with Crippen molar-refractivity contribution in [2.24, 2.45) is 17.8 Å². The molecule has 4 atom stereocenters. The van der Waals surface area contributed by atoms with Crippen LogP contribution in [0.3, 0.4) is 0 Å². The van der Waals surface area contributed by atoms with Crippen LogP contribution in [0.15, 0.2) is 52.6 Å². The lowest BCUT2D eigenvalue weighted by atomic mass is 9.59.